The second-order valence-corrected chi connectivity index (χ2v) is 8.77. The van der Waals surface area contributed by atoms with Crippen LogP contribution in [0.4, 0.5) is 0 Å². The molecule has 0 spiro atoms. The maximum Gasteiger partial charge on any atom is 0.309 e. The zero-order chi connectivity index (χ0) is 21.9. The van der Waals surface area contributed by atoms with Crippen molar-refractivity contribution < 1.29 is 18.7 Å². The summed E-state index contributed by atoms with van der Waals surface area (Å²) >= 11 is 1.54. The molecule has 5 rings (SSSR count). The van der Waals surface area contributed by atoms with E-state index in [0.717, 1.165) is 15.6 Å². The van der Waals surface area contributed by atoms with Crippen LogP contribution in [-0.4, -0.2) is 34.8 Å². The van der Waals surface area contributed by atoms with Crippen molar-refractivity contribution in [1.82, 2.24) is 9.88 Å². The zero-order valence-corrected chi connectivity index (χ0v) is 18.2. The molecule has 6 nitrogen and oxygen atoms in total. The Morgan fingerprint density at radius 1 is 1.06 bits per heavy atom. The number of ether oxygens (including phenoxy) is 1. The molecule has 0 bridgehead atoms. The number of fused-ring (bicyclic) bond motifs is 1. The number of piperidine rings is 1. The summed E-state index contributed by atoms with van der Waals surface area (Å²) in [5.41, 5.74) is 1.29. The Labute approximate surface area is 189 Å². The number of aromatic nitrogens is 1. The predicted molar refractivity (Wildman–Crippen MR) is 122 cm³/mol. The Bertz CT molecular complexity index is 1230. The predicted octanol–water partition coefficient (Wildman–Crippen LogP) is 5.15. The van der Waals surface area contributed by atoms with Crippen molar-refractivity contribution >= 4 is 34.0 Å². The highest BCUT2D eigenvalue weighted by molar-refractivity contribution is 7.13. The molecule has 32 heavy (non-hydrogen) atoms. The number of likely N-dealkylation sites (tertiary alicyclic amines) is 1. The summed E-state index contributed by atoms with van der Waals surface area (Å²) in [5, 5.41) is 3.96. The van der Waals surface area contributed by atoms with Gasteiger partial charge in [0, 0.05) is 18.7 Å². The first-order chi connectivity index (χ1) is 15.7. The molecule has 2 aromatic carbocycles. The molecule has 0 N–H and O–H groups in total. The molecule has 1 saturated heterocycles. The van der Waals surface area contributed by atoms with Crippen LogP contribution in [0.2, 0.25) is 0 Å². The smallest absolute Gasteiger partial charge is 0.309 e. The van der Waals surface area contributed by atoms with Gasteiger partial charge in [0.05, 0.1) is 10.8 Å². The molecule has 0 unspecified atom stereocenters. The Morgan fingerprint density at radius 2 is 1.88 bits per heavy atom. The summed E-state index contributed by atoms with van der Waals surface area (Å²) in [6.07, 6.45) is 2.71. The van der Waals surface area contributed by atoms with Crippen molar-refractivity contribution in [2.24, 2.45) is 5.92 Å². The molecule has 3 heterocycles. The lowest BCUT2D eigenvalue weighted by molar-refractivity contribution is -0.151. The van der Waals surface area contributed by atoms with Crippen molar-refractivity contribution in [3.05, 3.63) is 77.5 Å². The molecule has 7 heteroatoms. The van der Waals surface area contributed by atoms with Crippen LogP contribution < -0.4 is 0 Å². The second-order valence-electron chi connectivity index (χ2n) is 7.82. The minimum Gasteiger partial charge on any atom is -0.459 e. The maximum atomic E-state index is 13.1. The average molecular weight is 447 g/mol. The van der Waals surface area contributed by atoms with E-state index in [0.29, 0.717) is 43.1 Å². The largest absolute Gasteiger partial charge is 0.459 e. The lowest BCUT2D eigenvalue weighted by Gasteiger charge is -2.31. The van der Waals surface area contributed by atoms with Gasteiger partial charge in [-0.2, -0.15) is 0 Å². The van der Waals surface area contributed by atoms with Crippen LogP contribution in [0, 0.1) is 5.92 Å². The number of hydrogen-bond donors (Lipinski definition) is 0. The van der Waals surface area contributed by atoms with Gasteiger partial charge in [-0.3, -0.25) is 9.59 Å². The van der Waals surface area contributed by atoms with Gasteiger partial charge in [-0.15, -0.1) is 11.3 Å². The maximum absolute atomic E-state index is 13.1. The average Bonchev–Trinajstić information content (AvgIpc) is 3.54. The van der Waals surface area contributed by atoms with Crippen molar-refractivity contribution in [2.45, 2.75) is 19.4 Å². The Hall–Kier alpha value is -3.45. The minimum absolute atomic E-state index is 0.0114. The molecule has 0 radical (unpaired) electrons. The zero-order valence-electron chi connectivity index (χ0n) is 17.4. The lowest BCUT2D eigenvalue weighted by atomic mass is 9.95. The number of hydrogen-bond acceptors (Lipinski definition) is 6. The molecule has 1 aliphatic rings. The van der Waals surface area contributed by atoms with E-state index in [-0.39, 0.29) is 24.4 Å². The molecule has 4 aromatic rings. The summed E-state index contributed by atoms with van der Waals surface area (Å²) in [4.78, 5) is 32.8. The Morgan fingerprint density at radius 3 is 2.69 bits per heavy atom. The third-order valence-corrected chi connectivity index (χ3v) is 6.64. The monoisotopic (exact) mass is 446 g/mol. The molecule has 2 aromatic heterocycles. The van der Waals surface area contributed by atoms with E-state index in [2.05, 4.69) is 4.98 Å². The normalized spacial score (nSPS) is 14.6. The van der Waals surface area contributed by atoms with Gasteiger partial charge >= 0.3 is 5.97 Å². The molecular weight excluding hydrogens is 424 g/mol. The van der Waals surface area contributed by atoms with Gasteiger partial charge < -0.3 is 14.1 Å². The van der Waals surface area contributed by atoms with Crippen LogP contribution in [0.5, 0.6) is 0 Å². The van der Waals surface area contributed by atoms with Gasteiger partial charge in [0.15, 0.2) is 0 Å². The highest BCUT2D eigenvalue weighted by Gasteiger charge is 2.29. The summed E-state index contributed by atoms with van der Waals surface area (Å²) in [7, 11) is 0. The van der Waals surface area contributed by atoms with E-state index in [9.17, 15) is 9.59 Å². The first-order valence-electron chi connectivity index (χ1n) is 10.6. The third-order valence-electron chi connectivity index (χ3n) is 5.78. The first kappa shape index (κ1) is 20.5. The number of carbonyl (C=O) groups is 2. The molecule has 0 saturated carbocycles. The second kappa shape index (κ2) is 8.96. The summed E-state index contributed by atoms with van der Waals surface area (Å²) in [6.45, 7) is 1.16. The quantitative estimate of drug-likeness (QED) is 0.396. The van der Waals surface area contributed by atoms with E-state index in [1.165, 1.54) is 6.26 Å². The van der Waals surface area contributed by atoms with Crippen LogP contribution >= 0.6 is 11.3 Å². The molecule has 1 aliphatic heterocycles. The minimum atomic E-state index is -0.247. The van der Waals surface area contributed by atoms with Gasteiger partial charge in [-0.25, -0.2) is 4.98 Å². The SMILES string of the molecule is O=C(OCc1coc(-c2cccs2)n1)C1CCN(C(=O)c2cccc3ccccc23)CC1. The van der Waals surface area contributed by atoms with Crippen molar-refractivity contribution in [3.8, 4) is 10.8 Å². The van der Waals surface area contributed by atoms with Crippen molar-refractivity contribution in [3.63, 3.8) is 0 Å². The molecule has 1 amide bonds. The molecular formula is C25H22N2O4S. The van der Waals surface area contributed by atoms with E-state index >= 15 is 0 Å². The number of carbonyl (C=O) groups excluding carboxylic acids is 2. The van der Waals surface area contributed by atoms with Gasteiger partial charge in [0.1, 0.15) is 18.6 Å². The number of amides is 1. The number of benzene rings is 2. The number of oxazole rings is 1. The van der Waals surface area contributed by atoms with E-state index in [4.69, 9.17) is 9.15 Å². The number of esters is 1. The Balaban J connectivity index is 1.16. The number of rotatable bonds is 5. The van der Waals surface area contributed by atoms with Gasteiger partial charge in [-0.05, 0) is 41.1 Å². The van der Waals surface area contributed by atoms with Gasteiger partial charge in [0.25, 0.3) is 5.91 Å². The van der Waals surface area contributed by atoms with E-state index in [1.54, 1.807) is 11.3 Å². The van der Waals surface area contributed by atoms with Crippen LogP contribution in [0.3, 0.4) is 0 Å². The molecule has 1 fully saturated rings. The first-order valence-corrected chi connectivity index (χ1v) is 11.5. The fourth-order valence-corrected chi connectivity index (χ4v) is 4.71. The highest BCUT2D eigenvalue weighted by atomic mass is 32.1. The number of nitrogens with zero attached hydrogens (tertiary/aromatic N) is 2. The number of thiophene rings is 1. The molecule has 0 atom stereocenters. The Kier molecular flexibility index (Phi) is 5.73. The van der Waals surface area contributed by atoms with Crippen LogP contribution in [0.1, 0.15) is 28.9 Å². The topological polar surface area (TPSA) is 72.6 Å². The fraction of sp³-hybridized carbons (Fsp3) is 0.240. The van der Waals surface area contributed by atoms with Crippen LogP contribution in [0.15, 0.2) is 70.7 Å². The summed E-state index contributed by atoms with van der Waals surface area (Å²) in [5.74, 6) is 0.0850. The van der Waals surface area contributed by atoms with Crippen LogP contribution in [-0.2, 0) is 16.1 Å². The van der Waals surface area contributed by atoms with Gasteiger partial charge in [-0.1, -0.05) is 42.5 Å². The lowest BCUT2D eigenvalue weighted by Crippen LogP contribution is -2.40. The molecule has 162 valence electrons. The summed E-state index contributed by atoms with van der Waals surface area (Å²) < 4.78 is 10.9. The third kappa shape index (κ3) is 4.16. The van der Waals surface area contributed by atoms with Crippen molar-refractivity contribution in [2.75, 3.05) is 13.1 Å². The highest BCUT2D eigenvalue weighted by Crippen LogP contribution is 2.26. The van der Waals surface area contributed by atoms with Crippen molar-refractivity contribution in [1.29, 1.82) is 0 Å². The fourth-order valence-electron chi connectivity index (χ4n) is 4.05. The van der Waals surface area contributed by atoms with Crippen LogP contribution in [0.25, 0.3) is 21.5 Å². The van der Waals surface area contributed by atoms with E-state index in [1.807, 2.05) is 64.9 Å². The molecule has 0 aliphatic carbocycles. The van der Waals surface area contributed by atoms with Gasteiger partial charge in [0.2, 0.25) is 5.89 Å². The standard InChI is InChI=1S/C25H22N2O4S/c28-24(21-8-3-6-17-5-1-2-7-20(17)21)27-12-10-18(11-13-27)25(29)31-16-19-15-30-23(26-19)22-9-4-14-32-22/h1-9,14-15,18H,10-13,16H2. The van der Waals surface area contributed by atoms with E-state index < -0.39 is 0 Å². The summed E-state index contributed by atoms with van der Waals surface area (Å²) in [6, 6.07) is 17.5.